The van der Waals surface area contributed by atoms with Crippen molar-refractivity contribution in [2.45, 2.75) is 13.0 Å². The SMILES string of the molecule is CNC(=O)C(C)NC(=O)c1cc2cc(N)ccc2o1. The van der Waals surface area contributed by atoms with Gasteiger partial charge in [0, 0.05) is 18.1 Å². The van der Waals surface area contributed by atoms with E-state index in [1.165, 1.54) is 7.05 Å². The molecule has 2 rings (SSSR count). The van der Waals surface area contributed by atoms with Gasteiger partial charge in [-0.25, -0.2) is 0 Å². The number of hydrogen-bond acceptors (Lipinski definition) is 4. The van der Waals surface area contributed by atoms with Gasteiger partial charge >= 0.3 is 0 Å². The molecule has 6 nitrogen and oxygen atoms in total. The number of carbonyl (C=O) groups is 2. The molecule has 2 amide bonds. The summed E-state index contributed by atoms with van der Waals surface area (Å²) in [5, 5.41) is 5.75. The number of nitrogens with two attached hydrogens (primary N) is 1. The average molecular weight is 261 g/mol. The van der Waals surface area contributed by atoms with Gasteiger partial charge in [-0.3, -0.25) is 9.59 Å². The van der Waals surface area contributed by atoms with Gasteiger partial charge in [0.1, 0.15) is 11.6 Å². The van der Waals surface area contributed by atoms with Crippen molar-refractivity contribution >= 4 is 28.5 Å². The van der Waals surface area contributed by atoms with Gasteiger partial charge in [-0.1, -0.05) is 0 Å². The Morgan fingerprint density at radius 3 is 2.74 bits per heavy atom. The molecule has 100 valence electrons. The molecule has 0 saturated carbocycles. The van der Waals surface area contributed by atoms with E-state index >= 15 is 0 Å². The second kappa shape index (κ2) is 5.01. The molecule has 0 saturated heterocycles. The molecule has 0 radical (unpaired) electrons. The molecule has 1 heterocycles. The molecule has 0 aliphatic rings. The molecular weight excluding hydrogens is 246 g/mol. The molecule has 0 aliphatic heterocycles. The van der Waals surface area contributed by atoms with Crippen LogP contribution >= 0.6 is 0 Å². The Bertz CT molecular complexity index is 633. The van der Waals surface area contributed by atoms with Crippen LogP contribution in [0.25, 0.3) is 11.0 Å². The van der Waals surface area contributed by atoms with Crippen LogP contribution in [0.15, 0.2) is 28.7 Å². The predicted octanol–water partition coefficient (Wildman–Crippen LogP) is 0.879. The van der Waals surface area contributed by atoms with Crippen molar-refractivity contribution in [2.75, 3.05) is 12.8 Å². The average Bonchev–Trinajstić information content (AvgIpc) is 2.80. The van der Waals surface area contributed by atoms with E-state index in [-0.39, 0.29) is 11.7 Å². The highest BCUT2D eigenvalue weighted by molar-refractivity contribution is 5.98. The zero-order chi connectivity index (χ0) is 14.0. The third-order valence-electron chi connectivity index (χ3n) is 2.75. The first-order valence-corrected chi connectivity index (χ1v) is 5.83. The number of amides is 2. The minimum atomic E-state index is -0.629. The number of benzene rings is 1. The van der Waals surface area contributed by atoms with E-state index in [4.69, 9.17) is 10.2 Å². The zero-order valence-electron chi connectivity index (χ0n) is 10.7. The number of furan rings is 1. The summed E-state index contributed by atoms with van der Waals surface area (Å²) in [5.74, 6) is -0.559. The first kappa shape index (κ1) is 12.9. The van der Waals surface area contributed by atoms with E-state index in [1.54, 1.807) is 31.2 Å². The molecule has 4 N–H and O–H groups in total. The van der Waals surface area contributed by atoms with Crippen molar-refractivity contribution in [1.82, 2.24) is 10.6 Å². The fourth-order valence-corrected chi connectivity index (χ4v) is 1.72. The Hall–Kier alpha value is -2.50. The highest BCUT2D eigenvalue weighted by Gasteiger charge is 2.18. The number of nitrogens with one attached hydrogen (secondary N) is 2. The third-order valence-corrected chi connectivity index (χ3v) is 2.75. The van der Waals surface area contributed by atoms with Gasteiger partial charge in [0.2, 0.25) is 5.91 Å². The van der Waals surface area contributed by atoms with Crippen LogP contribution in [0.3, 0.4) is 0 Å². The molecule has 0 aliphatic carbocycles. The van der Waals surface area contributed by atoms with Crippen LogP contribution in [0.5, 0.6) is 0 Å². The molecule has 2 aromatic rings. The van der Waals surface area contributed by atoms with Gasteiger partial charge in [-0.2, -0.15) is 0 Å². The normalized spacial score (nSPS) is 12.1. The Balaban J connectivity index is 2.20. The molecule has 1 aromatic heterocycles. The Morgan fingerprint density at radius 1 is 1.32 bits per heavy atom. The zero-order valence-corrected chi connectivity index (χ0v) is 10.7. The summed E-state index contributed by atoms with van der Waals surface area (Å²) in [5.41, 5.74) is 6.82. The molecule has 0 spiro atoms. The van der Waals surface area contributed by atoms with Gasteiger partial charge in [-0.05, 0) is 31.2 Å². The second-order valence-corrected chi connectivity index (χ2v) is 4.22. The number of likely N-dealkylation sites (N-methyl/N-ethyl adjacent to an activating group) is 1. The van der Waals surface area contributed by atoms with Gasteiger partial charge in [0.05, 0.1) is 0 Å². The predicted molar refractivity (Wildman–Crippen MR) is 71.6 cm³/mol. The highest BCUT2D eigenvalue weighted by Crippen LogP contribution is 2.21. The summed E-state index contributed by atoms with van der Waals surface area (Å²) in [6.45, 7) is 1.59. The lowest BCUT2D eigenvalue weighted by Crippen LogP contribution is -2.43. The Kier molecular flexibility index (Phi) is 3.41. The molecule has 19 heavy (non-hydrogen) atoms. The van der Waals surface area contributed by atoms with Crippen LogP contribution in [0, 0.1) is 0 Å². The maximum atomic E-state index is 11.9. The fourth-order valence-electron chi connectivity index (χ4n) is 1.72. The molecule has 0 fully saturated rings. The fraction of sp³-hybridized carbons (Fsp3) is 0.231. The number of fused-ring (bicyclic) bond motifs is 1. The number of rotatable bonds is 3. The summed E-state index contributed by atoms with van der Waals surface area (Å²) < 4.78 is 5.40. The van der Waals surface area contributed by atoms with E-state index in [2.05, 4.69) is 10.6 Å². The van der Waals surface area contributed by atoms with Crippen LogP contribution in [0.1, 0.15) is 17.5 Å². The van der Waals surface area contributed by atoms with E-state index < -0.39 is 11.9 Å². The van der Waals surface area contributed by atoms with Crippen molar-refractivity contribution < 1.29 is 14.0 Å². The monoisotopic (exact) mass is 261 g/mol. The number of nitrogen functional groups attached to an aromatic ring is 1. The van der Waals surface area contributed by atoms with Gasteiger partial charge in [-0.15, -0.1) is 0 Å². The number of anilines is 1. The molecule has 6 heteroatoms. The molecular formula is C13H15N3O3. The maximum absolute atomic E-state index is 11.9. The van der Waals surface area contributed by atoms with Gasteiger partial charge in [0.15, 0.2) is 5.76 Å². The summed E-state index contributed by atoms with van der Waals surface area (Å²) in [7, 11) is 1.51. The van der Waals surface area contributed by atoms with Crippen LogP contribution in [-0.2, 0) is 4.79 Å². The Morgan fingerprint density at radius 2 is 2.05 bits per heavy atom. The van der Waals surface area contributed by atoms with E-state index in [0.717, 1.165) is 5.39 Å². The lowest BCUT2D eigenvalue weighted by atomic mass is 10.2. The largest absolute Gasteiger partial charge is 0.451 e. The van der Waals surface area contributed by atoms with E-state index in [9.17, 15) is 9.59 Å². The van der Waals surface area contributed by atoms with Crippen molar-refractivity contribution in [2.24, 2.45) is 0 Å². The summed E-state index contributed by atoms with van der Waals surface area (Å²) >= 11 is 0. The molecule has 1 aromatic carbocycles. The lowest BCUT2D eigenvalue weighted by Gasteiger charge is -2.10. The summed E-state index contributed by atoms with van der Waals surface area (Å²) in [4.78, 5) is 23.2. The topological polar surface area (TPSA) is 97.4 Å². The first-order valence-electron chi connectivity index (χ1n) is 5.83. The summed E-state index contributed by atoms with van der Waals surface area (Å²) in [6.07, 6.45) is 0. The van der Waals surface area contributed by atoms with Crippen LogP contribution in [0.4, 0.5) is 5.69 Å². The standard InChI is InChI=1S/C13H15N3O3/c1-7(12(17)15-2)16-13(18)11-6-8-5-9(14)3-4-10(8)19-11/h3-7H,14H2,1-2H3,(H,15,17)(H,16,18). The number of carbonyl (C=O) groups excluding carboxylic acids is 2. The maximum Gasteiger partial charge on any atom is 0.287 e. The Labute approximate surface area is 109 Å². The third kappa shape index (κ3) is 2.67. The van der Waals surface area contributed by atoms with Crippen LogP contribution in [0.2, 0.25) is 0 Å². The van der Waals surface area contributed by atoms with Crippen molar-refractivity contribution in [3.8, 4) is 0 Å². The first-order chi connectivity index (χ1) is 9.01. The minimum Gasteiger partial charge on any atom is -0.451 e. The van der Waals surface area contributed by atoms with Crippen LogP contribution in [-0.4, -0.2) is 24.9 Å². The highest BCUT2D eigenvalue weighted by atomic mass is 16.3. The van der Waals surface area contributed by atoms with Crippen molar-refractivity contribution in [3.63, 3.8) is 0 Å². The minimum absolute atomic E-state index is 0.149. The van der Waals surface area contributed by atoms with Crippen molar-refractivity contribution in [1.29, 1.82) is 0 Å². The second-order valence-electron chi connectivity index (χ2n) is 4.22. The molecule has 0 bridgehead atoms. The van der Waals surface area contributed by atoms with Crippen molar-refractivity contribution in [3.05, 3.63) is 30.0 Å². The lowest BCUT2D eigenvalue weighted by molar-refractivity contribution is -0.122. The van der Waals surface area contributed by atoms with Crippen LogP contribution < -0.4 is 16.4 Å². The molecule has 1 atom stereocenters. The molecule has 1 unspecified atom stereocenters. The summed E-state index contributed by atoms with van der Waals surface area (Å²) in [6, 6.07) is 6.08. The van der Waals surface area contributed by atoms with E-state index in [1.807, 2.05) is 0 Å². The smallest absolute Gasteiger partial charge is 0.287 e. The number of hydrogen-bond donors (Lipinski definition) is 3. The van der Waals surface area contributed by atoms with Gasteiger partial charge < -0.3 is 20.8 Å². The van der Waals surface area contributed by atoms with Gasteiger partial charge in [0.25, 0.3) is 5.91 Å². The van der Waals surface area contributed by atoms with E-state index in [0.29, 0.717) is 11.3 Å². The quantitative estimate of drug-likeness (QED) is 0.714.